The standard InChI is InChI=1S/C5H11NO2.CHNO/c1-2-8-5(7)3-4-6;2-1-3/h2-4,6H2,1H3;2H. The molecule has 0 aromatic carbocycles. The summed E-state index contributed by atoms with van der Waals surface area (Å²) in [6.07, 6.45) is 1.08. The Labute approximate surface area is 65.0 Å². The van der Waals surface area contributed by atoms with E-state index in [0.717, 1.165) is 6.08 Å². The van der Waals surface area contributed by atoms with Gasteiger partial charge in [-0.2, -0.15) is 0 Å². The lowest BCUT2D eigenvalue weighted by Crippen LogP contribution is -2.10. The molecule has 5 heteroatoms. The largest absolute Gasteiger partial charge is 0.466 e. The first kappa shape index (κ1) is 12.5. The van der Waals surface area contributed by atoms with E-state index in [1.165, 1.54) is 0 Å². The summed E-state index contributed by atoms with van der Waals surface area (Å²) in [4.78, 5) is 18.7. The van der Waals surface area contributed by atoms with Crippen LogP contribution in [0.25, 0.3) is 0 Å². The first-order valence-electron chi connectivity index (χ1n) is 3.12. The molecule has 11 heavy (non-hydrogen) atoms. The second kappa shape index (κ2) is 11.6. The zero-order chi connectivity index (χ0) is 9.11. The fourth-order valence-corrected chi connectivity index (χ4v) is 0.351. The Balaban J connectivity index is 0. The van der Waals surface area contributed by atoms with Crippen LogP contribution in [0, 0.1) is 5.41 Å². The van der Waals surface area contributed by atoms with Crippen LogP contribution in [-0.2, 0) is 14.3 Å². The molecule has 0 bridgehead atoms. The van der Waals surface area contributed by atoms with Crippen LogP contribution in [0.4, 0.5) is 0 Å². The van der Waals surface area contributed by atoms with Gasteiger partial charge < -0.3 is 10.5 Å². The number of nitrogens with two attached hydrogens (primary N) is 1. The first-order valence-corrected chi connectivity index (χ1v) is 3.12. The Kier molecular flexibility index (Phi) is 13.1. The van der Waals surface area contributed by atoms with E-state index in [0.29, 0.717) is 19.6 Å². The SMILES string of the molecule is CCOC(=O)CCN.N=C=O. The molecule has 0 fully saturated rings. The maximum atomic E-state index is 10.3. The van der Waals surface area contributed by atoms with E-state index < -0.39 is 0 Å². The summed E-state index contributed by atoms with van der Waals surface area (Å²) in [5.41, 5.74) is 5.06. The number of ether oxygens (including phenoxy) is 1. The van der Waals surface area contributed by atoms with Crippen LogP contribution < -0.4 is 5.73 Å². The van der Waals surface area contributed by atoms with E-state index in [9.17, 15) is 4.79 Å². The minimum Gasteiger partial charge on any atom is -0.466 e. The monoisotopic (exact) mass is 160 g/mol. The average molecular weight is 160 g/mol. The van der Waals surface area contributed by atoms with E-state index in [4.69, 9.17) is 15.9 Å². The van der Waals surface area contributed by atoms with Crippen molar-refractivity contribution in [2.45, 2.75) is 13.3 Å². The fraction of sp³-hybridized carbons (Fsp3) is 0.667. The molecule has 5 nitrogen and oxygen atoms in total. The second-order valence-electron chi connectivity index (χ2n) is 1.45. The van der Waals surface area contributed by atoms with Gasteiger partial charge in [-0.1, -0.05) is 0 Å². The summed E-state index contributed by atoms with van der Waals surface area (Å²) in [7, 11) is 0. The fourth-order valence-electron chi connectivity index (χ4n) is 0.351. The quantitative estimate of drug-likeness (QED) is 0.339. The molecule has 0 aromatic rings. The lowest BCUT2D eigenvalue weighted by Gasteiger charge is -1.96. The van der Waals surface area contributed by atoms with Crippen molar-refractivity contribution >= 4 is 12.0 Å². The summed E-state index contributed by atoms with van der Waals surface area (Å²) in [5.74, 6) is -0.213. The van der Waals surface area contributed by atoms with Crippen molar-refractivity contribution in [3.8, 4) is 0 Å². The number of rotatable bonds is 3. The van der Waals surface area contributed by atoms with Crippen molar-refractivity contribution in [2.75, 3.05) is 13.2 Å². The number of esters is 1. The molecule has 0 aliphatic rings. The summed E-state index contributed by atoms with van der Waals surface area (Å²) in [5, 5.41) is 5.40. The summed E-state index contributed by atoms with van der Waals surface area (Å²) in [6.45, 7) is 2.59. The van der Waals surface area contributed by atoms with Gasteiger partial charge in [0, 0.05) is 6.54 Å². The lowest BCUT2D eigenvalue weighted by atomic mass is 10.4. The van der Waals surface area contributed by atoms with E-state index in [2.05, 4.69) is 4.74 Å². The number of carbonyl (C=O) groups excluding carboxylic acids is 2. The Morgan fingerprint density at radius 2 is 2.18 bits per heavy atom. The highest BCUT2D eigenvalue weighted by atomic mass is 16.5. The molecule has 0 unspecified atom stereocenters. The van der Waals surface area contributed by atoms with Gasteiger partial charge in [0.05, 0.1) is 13.0 Å². The van der Waals surface area contributed by atoms with Gasteiger partial charge in [-0.3, -0.25) is 4.79 Å². The molecule has 0 radical (unpaired) electrons. The average Bonchev–Trinajstić information content (AvgIpc) is 1.90. The topological polar surface area (TPSA) is 93.2 Å². The molecule has 0 rings (SSSR count). The zero-order valence-corrected chi connectivity index (χ0v) is 6.42. The van der Waals surface area contributed by atoms with Crippen LogP contribution in [0.1, 0.15) is 13.3 Å². The second-order valence-corrected chi connectivity index (χ2v) is 1.45. The van der Waals surface area contributed by atoms with Crippen LogP contribution in [0.5, 0.6) is 0 Å². The van der Waals surface area contributed by atoms with Crippen molar-refractivity contribution in [1.29, 1.82) is 5.41 Å². The maximum Gasteiger partial charge on any atom is 0.307 e. The van der Waals surface area contributed by atoms with Crippen LogP contribution in [0.2, 0.25) is 0 Å². The number of hydrogen-bond donors (Lipinski definition) is 2. The molecule has 0 saturated heterocycles. The lowest BCUT2D eigenvalue weighted by molar-refractivity contribution is -0.142. The Bertz CT molecular complexity index is 122. The van der Waals surface area contributed by atoms with Crippen molar-refractivity contribution in [2.24, 2.45) is 5.73 Å². The minimum absolute atomic E-state index is 0.213. The summed E-state index contributed by atoms with van der Waals surface area (Å²) in [6, 6.07) is 0. The van der Waals surface area contributed by atoms with Gasteiger partial charge in [0.15, 0.2) is 0 Å². The molecular weight excluding hydrogens is 148 g/mol. The predicted molar refractivity (Wildman–Crippen MR) is 38.7 cm³/mol. The number of carbonyl (C=O) groups is 1. The van der Waals surface area contributed by atoms with Gasteiger partial charge >= 0.3 is 5.97 Å². The predicted octanol–water partition coefficient (Wildman–Crippen LogP) is -0.201. The molecule has 0 aromatic heterocycles. The smallest absolute Gasteiger partial charge is 0.307 e. The van der Waals surface area contributed by atoms with Crippen LogP contribution >= 0.6 is 0 Å². The van der Waals surface area contributed by atoms with E-state index in [-0.39, 0.29) is 5.97 Å². The molecule has 0 atom stereocenters. The first-order chi connectivity index (χ1) is 5.22. The molecule has 0 saturated carbocycles. The van der Waals surface area contributed by atoms with Crippen molar-refractivity contribution < 1.29 is 14.3 Å². The number of hydrogen-bond acceptors (Lipinski definition) is 5. The molecule has 64 valence electrons. The van der Waals surface area contributed by atoms with Gasteiger partial charge in [-0.05, 0) is 6.92 Å². The molecule has 0 amide bonds. The highest BCUT2D eigenvalue weighted by molar-refractivity contribution is 5.69. The highest BCUT2D eigenvalue weighted by Gasteiger charge is 1.95. The van der Waals surface area contributed by atoms with Crippen LogP contribution in [0.3, 0.4) is 0 Å². The Morgan fingerprint density at radius 1 is 1.73 bits per heavy atom. The summed E-state index contributed by atoms with van der Waals surface area (Å²) < 4.78 is 4.56. The summed E-state index contributed by atoms with van der Waals surface area (Å²) >= 11 is 0. The van der Waals surface area contributed by atoms with Crippen LogP contribution in [0.15, 0.2) is 0 Å². The Morgan fingerprint density at radius 3 is 2.45 bits per heavy atom. The molecular formula is C6H12N2O3. The molecule has 3 N–H and O–H groups in total. The molecule has 0 spiro atoms. The number of nitrogens with one attached hydrogen (secondary N) is 1. The molecule has 0 heterocycles. The third-order valence-corrected chi connectivity index (χ3v) is 0.654. The Hall–Kier alpha value is -1.19. The maximum absolute atomic E-state index is 10.3. The van der Waals surface area contributed by atoms with Crippen LogP contribution in [-0.4, -0.2) is 25.2 Å². The van der Waals surface area contributed by atoms with E-state index in [1.807, 2.05) is 0 Å². The van der Waals surface area contributed by atoms with Crippen molar-refractivity contribution in [3.05, 3.63) is 0 Å². The normalized spacial score (nSPS) is 7.09. The zero-order valence-electron chi connectivity index (χ0n) is 6.42. The molecule has 0 aliphatic carbocycles. The third kappa shape index (κ3) is 17.7. The van der Waals surface area contributed by atoms with Gasteiger partial charge in [0.2, 0.25) is 6.08 Å². The molecule has 0 aliphatic heterocycles. The number of isocyanates is 1. The third-order valence-electron chi connectivity index (χ3n) is 0.654. The van der Waals surface area contributed by atoms with E-state index in [1.54, 1.807) is 6.92 Å². The van der Waals surface area contributed by atoms with Gasteiger partial charge in [0.1, 0.15) is 0 Å². The van der Waals surface area contributed by atoms with Gasteiger partial charge in [0.25, 0.3) is 0 Å². The van der Waals surface area contributed by atoms with Crippen molar-refractivity contribution in [3.63, 3.8) is 0 Å². The van der Waals surface area contributed by atoms with Gasteiger partial charge in [-0.25, -0.2) is 10.2 Å². The highest BCUT2D eigenvalue weighted by Crippen LogP contribution is 1.80. The minimum atomic E-state index is -0.213. The van der Waals surface area contributed by atoms with E-state index >= 15 is 0 Å². The van der Waals surface area contributed by atoms with Gasteiger partial charge in [-0.15, -0.1) is 0 Å². The van der Waals surface area contributed by atoms with Crippen molar-refractivity contribution in [1.82, 2.24) is 0 Å².